The third-order valence-electron chi connectivity index (χ3n) is 5.26. The van der Waals surface area contributed by atoms with E-state index in [-0.39, 0.29) is 5.57 Å². The van der Waals surface area contributed by atoms with Crippen molar-refractivity contribution in [2.24, 2.45) is 0 Å². The van der Waals surface area contributed by atoms with Crippen LogP contribution in [0.1, 0.15) is 31.0 Å². The van der Waals surface area contributed by atoms with Crippen LogP contribution in [0.15, 0.2) is 66.4 Å². The lowest BCUT2D eigenvalue weighted by molar-refractivity contribution is -0.131. The van der Waals surface area contributed by atoms with Gasteiger partial charge in [-0.15, -0.1) is 0 Å². The van der Waals surface area contributed by atoms with Crippen LogP contribution in [-0.2, 0) is 16.1 Å². The maximum atomic E-state index is 13.1. The summed E-state index contributed by atoms with van der Waals surface area (Å²) >= 11 is 0. The van der Waals surface area contributed by atoms with Crippen LogP contribution in [0.3, 0.4) is 0 Å². The lowest BCUT2D eigenvalue weighted by atomic mass is 10.0. The molecule has 0 spiro atoms. The first-order valence-corrected chi connectivity index (χ1v) is 9.54. The topological polar surface area (TPSA) is 71.4 Å². The van der Waals surface area contributed by atoms with E-state index in [4.69, 9.17) is 0 Å². The summed E-state index contributed by atoms with van der Waals surface area (Å²) in [5, 5.41) is 3.25. The third kappa shape index (κ3) is 3.23. The van der Waals surface area contributed by atoms with Crippen molar-refractivity contribution in [1.82, 2.24) is 14.8 Å². The Morgan fingerprint density at radius 1 is 1.00 bits per heavy atom. The molecule has 0 radical (unpaired) electrons. The van der Waals surface area contributed by atoms with Crippen LogP contribution < -0.4 is 5.32 Å². The number of aromatic nitrogens is 1. The minimum Gasteiger partial charge on any atom is -0.347 e. The number of benzene rings is 2. The smallest absolute Gasteiger partial charge is 0.331 e. The van der Waals surface area contributed by atoms with E-state index >= 15 is 0 Å². The highest BCUT2D eigenvalue weighted by Crippen LogP contribution is 2.28. The molecule has 3 aromatic rings. The molecule has 1 atom stereocenters. The number of nitrogens with zero attached hydrogens (tertiary/aromatic N) is 2. The number of urea groups is 1. The molecule has 1 aliphatic rings. The normalized spacial score (nSPS) is 17.1. The number of nitrogens with one attached hydrogen (secondary N) is 1. The lowest BCUT2D eigenvalue weighted by Crippen LogP contribution is -2.54. The van der Waals surface area contributed by atoms with Crippen molar-refractivity contribution in [2.75, 3.05) is 0 Å². The molecule has 0 bridgehead atoms. The number of aryl methyl sites for hydroxylation is 1. The molecule has 2 aromatic carbocycles. The predicted octanol–water partition coefficient (Wildman–Crippen LogP) is 3.88. The van der Waals surface area contributed by atoms with Gasteiger partial charge in [0.25, 0.3) is 11.8 Å². The van der Waals surface area contributed by atoms with Crippen molar-refractivity contribution >= 4 is 34.8 Å². The number of barbiturate groups is 1. The highest BCUT2D eigenvalue weighted by molar-refractivity contribution is 6.31. The Morgan fingerprint density at radius 2 is 1.69 bits per heavy atom. The Kier molecular flexibility index (Phi) is 4.76. The zero-order valence-corrected chi connectivity index (χ0v) is 16.3. The molecule has 6 nitrogen and oxygen atoms in total. The van der Waals surface area contributed by atoms with E-state index in [2.05, 4.69) is 9.88 Å². The van der Waals surface area contributed by atoms with Gasteiger partial charge in [0.2, 0.25) is 0 Å². The Hall–Kier alpha value is -3.67. The zero-order chi connectivity index (χ0) is 20.5. The van der Waals surface area contributed by atoms with Gasteiger partial charge in [0.15, 0.2) is 0 Å². The molecule has 29 heavy (non-hydrogen) atoms. The second-order valence-electron chi connectivity index (χ2n) is 6.97. The summed E-state index contributed by atoms with van der Waals surface area (Å²) in [7, 11) is 0. The largest absolute Gasteiger partial charge is 0.347 e. The third-order valence-corrected chi connectivity index (χ3v) is 5.26. The number of imide groups is 2. The summed E-state index contributed by atoms with van der Waals surface area (Å²) in [6.45, 7) is 4.56. The molecule has 0 aliphatic carbocycles. The number of amides is 4. The van der Waals surface area contributed by atoms with E-state index in [1.165, 1.54) is 0 Å². The molecule has 1 aliphatic heterocycles. The van der Waals surface area contributed by atoms with Crippen molar-refractivity contribution in [2.45, 2.75) is 26.4 Å². The van der Waals surface area contributed by atoms with Crippen LogP contribution in [0.2, 0.25) is 0 Å². The number of carbonyl (C=O) groups excluding carboxylic acids is 3. The second-order valence-corrected chi connectivity index (χ2v) is 6.97. The molecule has 4 rings (SSSR count). The SMILES string of the molecule is CCn1cc(C=C2C(=O)NC(=O)N(C(C)c3ccccc3)C2=O)c2ccccc21. The molecule has 1 N–H and O–H groups in total. The van der Waals surface area contributed by atoms with E-state index < -0.39 is 23.9 Å². The molecular weight excluding hydrogens is 366 g/mol. The van der Waals surface area contributed by atoms with Gasteiger partial charge in [-0.05, 0) is 31.6 Å². The molecule has 0 saturated carbocycles. The molecule has 1 aromatic heterocycles. The fourth-order valence-electron chi connectivity index (χ4n) is 3.71. The molecule has 6 heteroatoms. The minimum atomic E-state index is -0.704. The van der Waals surface area contributed by atoms with Crippen LogP contribution in [0.4, 0.5) is 4.79 Å². The van der Waals surface area contributed by atoms with Gasteiger partial charge in [-0.3, -0.25) is 19.8 Å². The Labute approximate surface area is 168 Å². The summed E-state index contributed by atoms with van der Waals surface area (Å²) in [5.41, 5.74) is 2.55. The van der Waals surface area contributed by atoms with Gasteiger partial charge in [0.1, 0.15) is 5.57 Å². The van der Waals surface area contributed by atoms with Gasteiger partial charge in [-0.2, -0.15) is 0 Å². The first-order chi connectivity index (χ1) is 14.0. The zero-order valence-electron chi connectivity index (χ0n) is 16.3. The highest BCUT2D eigenvalue weighted by atomic mass is 16.2. The monoisotopic (exact) mass is 387 g/mol. The van der Waals surface area contributed by atoms with Crippen molar-refractivity contribution in [3.63, 3.8) is 0 Å². The number of fused-ring (bicyclic) bond motifs is 1. The fourth-order valence-corrected chi connectivity index (χ4v) is 3.71. The van der Waals surface area contributed by atoms with Crippen LogP contribution >= 0.6 is 0 Å². The van der Waals surface area contributed by atoms with Crippen molar-refractivity contribution in [3.8, 4) is 0 Å². The van der Waals surface area contributed by atoms with Gasteiger partial charge < -0.3 is 4.57 Å². The van der Waals surface area contributed by atoms with Gasteiger partial charge in [-0.25, -0.2) is 4.79 Å². The predicted molar refractivity (Wildman–Crippen MR) is 111 cm³/mol. The number of para-hydroxylation sites is 1. The van der Waals surface area contributed by atoms with Crippen LogP contribution in [0.5, 0.6) is 0 Å². The maximum Gasteiger partial charge on any atom is 0.331 e. The van der Waals surface area contributed by atoms with Gasteiger partial charge in [0.05, 0.1) is 6.04 Å². The summed E-state index contributed by atoms with van der Waals surface area (Å²) in [4.78, 5) is 39.2. The van der Waals surface area contributed by atoms with E-state index in [0.29, 0.717) is 0 Å². The first-order valence-electron chi connectivity index (χ1n) is 9.54. The Morgan fingerprint density at radius 3 is 2.41 bits per heavy atom. The highest BCUT2D eigenvalue weighted by Gasteiger charge is 2.39. The maximum absolute atomic E-state index is 13.1. The summed E-state index contributed by atoms with van der Waals surface area (Å²) < 4.78 is 2.06. The molecule has 1 unspecified atom stereocenters. The molecule has 1 saturated heterocycles. The van der Waals surface area contributed by atoms with Gasteiger partial charge in [0, 0.05) is 29.2 Å². The van der Waals surface area contributed by atoms with Crippen LogP contribution in [0.25, 0.3) is 17.0 Å². The first kappa shape index (κ1) is 18.7. The molecule has 4 amide bonds. The molecular formula is C23H21N3O3. The summed E-state index contributed by atoms with van der Waals surface area (Å²) in [6.07, 6.45) is 3.49. The Bertz CT molecular complexity index is 1140. The van der Waals surface area contributed by atoms with Crippen molar-refractivity contribution < 1.29 is 14.4 Å². The van der Waals surface area contributed by atoms with Crippen LogP contribution in [0, 0.1) is 0 Å². The average Bonchev–Trinajstić information content (AvgIpc) is 3.09. The fraction of sp³-hybridized carbons (Fsp3) is 0.174. The van der Waals surface area contributed by atoms with Crippen molar-refractivity contribution in [1.29, 1.82) is 0 Å². The summed E-state index contributed by atoms with van der Waals surface area (Å²) in [5.74, 6) is -1.27. The molecule has 2 heterocycles. The van der Waals surface area contributed by atoms with Gasteiger partial charge >= 0.3 is 6.03 Å². The summed E-state index contributed by atoms with van der Waals surface area (Å²) in [6, 6.07) is 15.9. The quantitative estimate of drug-likeness (QED) is 0.545. The molecule has 146 valence electrons. The Balaban J connectivity index is 1.77. The average molecular weight is 387 g/mol. The van der Waals surface area contributed by atoms with E-state index in [0.717, 1.165) is 33.5 Å². The number of rotatable bonds is 4. The number of carbonyl (C=O) groups is 3. The number of hydrogen-bond donors (Lipinski definition) is 1. The minimum absolute atomic E-state index is 0.0496. The lowest BCUT2D eigenvalue weighted by Gasteiger charge is -2.31. The van der Waals surface area contributed by atoms with Crippen molar-refractivity contribution in [3.05, 3.63) is 77.5 Å². The van der Waals surface area contributed by atoms with Crippen LogP contribution in [-0.4, -0.2) is 27.3 Å². The molecule has 1 fully saturated rings. The van der Waals surface area contributed by atoms with E-state index in [9.17, 15) is 14.4 Å². The van der Waals surface area contributed by atoms with Gasteiger partial charge in [-0.1, -0.05) is 48.5 Å². The number of hydrogen-bond acceptors (Lipinski definition) is 3. The second kappa shape index (κ2) is 7.39. The van der Waals surface area contributed by atoms with E-state index in [1.54, 1.807) is 13.0 Å². The standard InChI is InChI=1S/C23H21N3O3/c1-3-25-14-17(18-11-7-8-12-20(18)25)13-19-21(27)24-23(29)26(22(19)28)15(2)16-9-5-4-6-10-16/h4-15H,3H2,1-2H3,(H,24,27,29). The van der Waals surface area contributed by atoms with E-state index in [1.807, 2.05) is 67.7 Å².